The zero-order chi connectivity index (χ0) is 44.0. The molecule has 0 atom stereocenters. The van der Waals surface area contributed by atoms with Crippen LogP contribution in [0.25, 0.3) is 17.2 Å². The molecule has 2 heterocycles. The summed E-state index contributed by atoms with van der Waals surface area (Å²) < 4.78 is 60.6. The summed E-state index contributed by atoms with van der Waals surface area (Å²) >= 11 is 0. The van der Waals surface area contributed by atoms with Gasteiger partial charge >= 0.3 is 12.1 Å². The molecule has 4 N–H and O–H groups in total. The van der Waals surface area contributed by atoms with E-state index in [-0.39, 0.29) is 23.3 Å². The van der Waals surface area contributed by atoms with Gasteiger partial charge in [-0.3, -0.25) is 9.59 Å². The molecule has 2 amide bonds. The summed E-state index contributed by atoms with van der Waals surface area (Å²) in [5.41, 5.74) is 5.10. The number of sulfonamides is 1. The molecule has 0 radical (unpaired) electrons. The molecular weight excluding hydrogens is 810 g/mol. The van der Waals surface area contributed by atoms with Gasteiger partial charge in [0.25, 0.3) is 5.91 Å². The van der Waals surface area contributed by atoms with Crippen molar-refractivity contribution in [2.45, 2.75) is 69.1 Å². The van der Waals surface area contributed by atoms with Crippen molar-refractivity contribution in [3.8, 4) is 16.9 Å². The fourth-order valence-electron chi connectivity index (χ4n) is 7.58. The van der Waals surface area contributed by atoms with Crippen molar-refractivity contribution in [1.82, 2.24) is 15.1 Å². The smallest absolute Gasteiger partial charge is 0.490 e. The van der Waals surface area contributed by atoms with E-state index >= 15 is 0 Å². The Labute approximate surface area is 355 Å². The highest BCUT2D eigenvalue weighted by Crippen LogP contribution is 2.28. The van der Waals surface area contributed by atoms with Crippen LogP contribution in [0.15, 0.2) is 108 Å². The van der Waals surface area contributed by atoms with Crippen LogP contribution in [0, 0.1) is 11.8 Å². The van der Waals surface area contributed by atoms with E-state index < -0.39 is 22.2 Å². The fraction of sp³-hybridized carbons (Fsp3) is 0.370. The van der Waals surface area contributed by atoms with Crippen LogP contribution in [0.3, 0.4) is 0 Å². The monoisotopic (exact) mass is 862 g/mol. The maximum Gasteiger partial charge on any atom is 0.490 e. The molecule has 61 heavy (non-hydrogen) atoms. The number of hydrogen-bond donors (Lipinski definition) is 3. The predicted molar refractivity (Wildman–Crippen MR) is 228 cm³/mol. The van der Waals surface area contributed by atoms with Gasteiger partial charge in [-0.15, -0.1) is 0 Å². The summed E-state index contributed by atoms with van der Waals surface area (Å²) in [4.78, 5) is 40.0. The molecule has 0 bridgehead atoms. The molecule has 15 heteroatoms. The number of likely N-dealkylation sites (tertiary alicyclic amines) is 1. The molecule has 0 spiro atoms. The second kappa shape index (κ2) is 21.8. The first kappa shape index (κ1) is 46.6. The lowest BCUT2D eigenvalue weighted by Crippen LogP contribution is -2.38. The molecular formula is C46H53F3N4O7S. The van der Waals surface area contributed by atoms with E-state index in [1.54, 1.807) is 30.2 Å². The first-order chi connectivity index (χ1) is 29.1. The molecule has 0 aliphatic carbocycles. The summed E-state index contributed by atoms with van der Waals surface area (Å²) in [6, 6.07) is 29.5. The minimum atomic E-state index is -5.08. The van der Waals surface area contributed by atoms with E-state index in [4.69, 9.17) is 19.8 Å². The van der Waals surface area contributed by atoms with Gasteiger partial charge in [0.1, 0.15) is 5.75 Å². The van der Waals surface area contributed by atoms with Gasteiger partial charge in [-0.1, -0.05) is 73.9 Å². The van der Waals surface area contributed by atoms with Gasteiger partial charge in [0.2, 0.25) is 15.9 Å². The van der Waals surface area contributed by atoms with Crippen molar-refractivity contribution >= 4 is 33.9 Å². The van der Waals surface area contributed by atoms with Gasteiger partial charge in [0.15, 0.2) is 0 Å². The van der Waals surface area contributed by atoms with Crippen LogP contribution in [0.1, 0.15) is 72.0 Å². The normalized spacial score (nSPS) is 15.2. The number of carbonyl (C=O) groups excluding carboxylic acids is 2. The highest BCUT2D eigenvalue weighted by molar-refractivity contribution is 7.89. The van der Waals surface area contributed by atoms with Crippen molar-refractivity contribution in [2.75, 3.05) is 33.3 Å². The largest absolute Gasteiger partial charge is 0.497 e. The third-order valence-corrected chi connectivity index (χ3v) is 12.0. The van der Waals surface area contributed by atoms with E-state index in [9.17, 15) is 31.2 Å². The maximum absolute atomic E-state index is 13.7. The molecule has 0 aromatic heterocycles. The molecule has 4 aromatic carbocycles. The number of piperidine rings is 2. The lowest BCUT2D eigenvalue weighted by atomic mass is 9.87. The number of alkyl halides is 3. The number of hydrogen-bond acceptors (Lipinski definition) is 7. The molecule has 4 aromatic rings. The van der Waals surface area contributed by atoms with E-state index in [2.05, 4.69) is 11.4 Å². The highest BCUT2D eigenvalue weighted by Gasteiger charge is 2.38. The molecule has 6 rings (SSSR count). The average Bonchev–Trinajstić information content (AvgIpc) is 3.26. The van der Waals surface area contributed by atoms with Gasteiger partial charge in [-0.25, -0.2) is 18.4 Å². The Morgan fingerprint density at radius 3 is 2.00 bits per heavy atom. The van der Waals surface area contributed by atoms with Gasteiger partial charge in [0, 0.05) is 37.8 Å². The van der Waals surface area contributed by atoms with Crippen LogP contribution in [0.4, 0.5) is 13.2 Å². The van der Waals surface area contributed by atoms with E-state index in [0.717, 1.165) is 78.5 Å². The molecule has 2 fully saturated rings. The standard InChI is InChI=1S/C44H52N4O5S.C2HF3O2/c1-53-41-16-11-35(12-17-41)15-20-43(49)48(31-36-13-18-42(19-14-36)54(45,51)52)32-37-7-3-8-38(29-37)39-9-4-10-40(30-39)44(50)47-27-23-34(24-28-47)6-2-5-33-21-25-46-26-22-33;3-2(4,5)1(6)7/h3-4,7-20,29-30,33-34,46H,2,5-6,21-28,31-32H2,1H3,(H2,45,51,52);(H,6,7). The third kappa shape index (κ3) is 14.6. The summed E-state index contributed by atoms with van der Waals surface area (Å²) in [6.07, 6.45) is 6.87. The first-order valence-electron chi connectivity index (χ1n) is 20.3. The lowest BCUT2D eigenvalue weighted by Gasteiger charge is -2.32. The Morgan fingerprint density at radius 2 is 1.41 bits per heavy atom. The van der Waals surface area contributed by atoms with Crippen LogP contribution in [0.5, 0.6) is 5.75 Å². The summed E-state index contributed by atoms with van der Waals surface area (Å²) in [6.45, 7) is 4.48. The van der Waals surface area contributed by atoms with Crippen molar-refractivity contribution < 1.29 is 45.8 Å². The van der Waals surface area contributed by atoms with Crippen molar-refractivity contribution in [1.29, 1.82) is 0 Å². The molecule has 2 aliphatic rings. The number of benzene rings is 4. The number of nitrogens with zero attached hydrogens (tertiary/aromatic N) is 2. The SMILES string of the molecule is COc1ccc(C=CC(=O)N(Cc2ccc(S(N)(=O)=O)cc2)Cc2cccc(-c3cccc(C(=O)N4CCC(CCCC5CCNCC5)CC4)c3)c2)cc1.O=C(O)C(F)(F)F. The minimum absolute atomic E-state index is 0.0137. The molecule has 0 unspecified atom stereocenters. The van der Waals surface area contributed by atoms with Gasteiger partial charge in [-0.05, 0) is 127 Å². The number of aliphatic carboxylic acids is 1. The first-order valence-corrected chi connectivity index (χ1v) is 21.9. The van der Waals surface area contributed by atoms with Crippen LogP contribution in [0.2, 0.25) is 0 Å². The zero-order valence-electron chi connectivity index (χ0n) is 34.2. The molecule has 0 saturated carbocycles. The number of primary sulfonamides is 1. The number of rotatable bonds is 14. The Morgan fingerprint density at radius 1 is 0.836 bits per heavy atom. The quantitative estimate of drug-likeness (QED) is 0.108. The number of halogens is 3. The molecule has 11 nitrogen and oxygen atoms in total. The Kier molecular flexibility index (Phi) is 16.7. The molecule has 326 valence electrons. The van der Waals surface area contributed by atoms with Crippen molar-refractivity contribution in [3.05, 3.63) is 125 Å². The van der Waals surface area contributed by atoms with E-state index in [1.165, 1.54) is 50.3 Å². The molecule has 2 saturated heterocycles. The summed E-state index contributed by atoms with van der Waals surface area (Å²) in [5, 5.41) is 15.9. The summed E-state index contributed by atoms with van der Waals surface area (Å²) in [5.74, 6) is -0.575. The lowest BCUT2D eigenvalue weighted by molar-refractivity contribution is -0.192. The second-order valence-corrected chi connectivity index (χ2v) is 17.0. The number of carbonyl (C=O) groups is 3. The van der Waals surface area contributed by atoms with Gasteiger partial charge in [0.05, 0.1) is 12.0 Å². The Hall–Kier alpha value is -5.51. The number of nitrogens with two attached hydrogens (primary N) is 1. The number of carboxylic acid groups (broad SMARTS) is 1. The number of methoxy groups -OCH3 is 1. The zero-order valence-corrected chi connectivity index (χ0v) is 35.0. The second-order valence-electron chi connectivity index (χ2n) is 15.4. The van der Waals surface area contributed by atoms with Crippen LogP contribution >= 0.6 is 0 Å². The topological polar surface area (TPSA) is 159 Å². The molecule has 2 aliphatic heterocycles. The van der Waals surface area contributed by atoms with Crippen molar-refractivity contribution in [3.63, 3.8) is 0 Å². The predicted octanol–water partition coefficient (Wildman–Crippen LogP) is 7.91. The summed E-state index contributed by atoms with van der Waals surface area (Å²) in [7, 11) is -2.23. The average molecular weight is 863 g/mol. The van der Waals surface area contributed by atoms with Gasteiger partial charge < -0.3 is 25.0 Å². The maximum atomic E-state index is 13.7. The number of amides is 2. The highest BCUT2D eigenvalue weighted by atomic mass is 32.2. The number of nitrogens with one attached hydrogen (secondary N) is 1. The minimum Gasteiger partial charge on any atom is -0.497 e. The third-order valence-electron chi connectivity index (χ3n) is 11.0. The van der Waals surface area contributed by atoms with Crippen molar-refractivity contribution in [2.24, 2.45) is 17.0 Å². The Balaban J connectivity index is 0.000000925. The number of ether oxygens (including phenoxy) is 1. The van der Waals surface area contributed by atoms with E-state index in [0.29, 0.717) is 18.0 Å². The van der Waals surface area contributed by atoms with E-state index in [1.807, 2.05) is 71.6 Å². The Bertz CT molecular complexity index is 2220. The number of carboxylic acids is 1. The van der Waals surface area contributed by atoms with Gasteiger partial charge in [-0.2, -0.15) is 13.2 Å². The fourth-order valence-corrected chi connectivity index (χ4v) is 8.09. The van der Waals surface area contributed by atoms with Crippen LogP contribution in [-0.2, 0) is 32.7 Å². The van der Waals surface area contributed by atoms with Crippen LogP contribution < -0.4 is 15.2 Å². The van der Waals surface area contributed by atoms with Crippen LogP contribution in [-0.4, -0.2) is 80.6 Å².